The molecule has 2 N–H and O–H groups in total. The quantitative estimate of drug-likeness (QED) is 0.596. The van der Waals surface area contributed by atoms with Gasteiger partial charge in [0.25, 0.3) is 0 Å². The molecule has 0 saturated heterocycles. The fourth-order valence-corrected chi connectivity index (χ4v) is 2.35. The summed E-state index contributed by atoms with van der Waals surface area (Å²) in [6.45, 7) is 0. The normalized spacial score (nSPS) is 10.5. The zero-order valence-electron chi connectivity index (χ0n) is 11.0. The molecule has 2 aromatic carbocycles. The minimum absolute atomic E-state index is 0.236. The predicted molar refractivity (Wildman–Crippen MR) is 82.9 cm³/mol. The van der Waals surface area contributed by atoms with Crippen molar-refractivity contribution < 1.29 is 4.79 Å². The van der Waals surface area contributed by atoms with Crippen molar-refractivity contribution in [3.05, 3.63) is 77.1 Å². The number of rotatable bonds is 3. The van der Waals surface area contributed by atoms with E-state index in [4.69, 9.17) is 17.3 Å². The van der Waals surface area contributed by atoms with Crippen LogP contribution in [0, 0.1) is 0 Å². The molecule has 3 aromatic rings. The molecule has 5 heteroatoms. The number of ketones is 1. The van der Waals surface area contributed by atoms with Crippen LogP contribution in [0.2, 0.25) is 5.02 Å². The van der Waals surface area contributed by atoms with Crippen molar-refractivity contribution >= 4 is 23.1 Å². The number of carbonyl (C=O) groups excluding carboxylic acids is 1. The molecule has 0 aliphatic heterocycles. The van der Waals surface area contributed by atoms with Gasteiger partial charge in [-0.1, -0.05) is 35.9 Å². The van der Waals surface area contributed by atoms with Crippen molar-refractivity contribution in [2.24, 2.45) is 0 Å². The number of halogens is 1. The van der Waals surface area contributed by atoms with E-state index in [2.05, 4.69) is 5.10 Å². The number of nitrogens with two attached hydrogens (primary N) is 1. The van der Waals surface area contributed by atoms with Gasteiger partial charge in [0.05, 0.1) is 28.0 Å². The molecule has 21 heavy (non-hydrogen) atoms. The highest BCUT2D eigenvalue weighted by atomic mass is 35.5. The molecular formula is C16H12ClN3O. The first kappa shape index (κ1) is 13.4. The summed E-state index contributed by atoms with van der Waals surface area (Å²) in [5.74, 6) is -0.236. The molecule has 4 nitrogen and oxygen atoms in total. The Hall–Kier alpha value is -2.59. The molecule has 0 saturated carbocycles. The standard InChI is InChI=1S/C16H12ClN3O/c17-13-7-4-8-14(18)15(13)16(21)11-9-19-20(10-11)12-5-2-1-3-6-12/h1-10H,18H2. The maximum absolute atomic E-state index is 12.5. The number of anilines is 1. The molecule has 0 aliphatic carbocycles. The molecule has 0 atom stereocenters. The minimum atomic E-state index is -0.236. The van der Waals surface area contributed by atoms with E-state index in [0.29, 0.717) is 21.8 Å². The van der Waals surface area contributed by atoms with Crippen molar-refractivity contribution in [3.63, 3.8) is 0 Å². The molecule has 0 spiro atoms. The number of nitrogens with zero attached hydrogens (tertiary/aromatic N) is 2. The summed E-state index contributed by atoms with van der Waals surface area (Å²) < 4.78 is 1.64. The topological polar surface area (TPSA) is 60.9 Å². The number of hydrogen-bond acceptors (Lipinski definition) is 3. The van der Waals surface area contributed by atoms with Gasteiger partial charge in [0.1, 0.15) is 0 Å². The number of carbonyl (C=O) groups is 1. The summed E-state index contributed by atoms with van der Waals surface area (Å²) in [6.07, 6.45) is 3.18. The van der Waals surface area contributed by atoms with Crippen LogP contribution in [0.25, 0.3) is 5.69 Å². The molecule has 0 amide bonds. The van der Waals surface area contributed by atoms with Crippen molar-refractivity contribution in [1.29, 1.82) is 0 Å². The maximum atomic E-state index is 12.5. The second-order valence-electron chi connectivity index (χ2n) is 4.54. The first-order valence-corrected chi connectivity index (χ1v) is 6.73. The highest BCUT2D eigenvalue weighted by Crippen LogP contribution is 2.25. The minimum Gasteiger partial charge on any atom is -0.398 e. The third-order valence-electron chi connectivity index (χ3n) is 3.14. The largest absolute Gasteiger partial charge is 0.398 e. The SMILES string of the molecule is Nc1cccc(Cl)c1C(=O)c1cnn(-c2ccccc2)c1. The maximum Gasteiger partial charge on any atom is 0.199 e. The smallest absolute Gasteiger partial charge is 0.199 e. The summed E-state index contributed by atoms with van der Waals surface area (Å²) >= 11 is 6.07. The Labute approximate surface area is 126 Å². The van der Waals surface area contributed by atoms with E-state index in [1.165, 1.54) is 6.20 Å². The van der Waals surface area contributed by atoms with Crippen molar-refractivity contribution in [1.82, 2.24) is 9.78 Å². The van der Waals surface area contributed by atoms with Crippen LogP contribution in [0.3, 0.4) is 0 Å². The summed E-state index contributed by atoms with van der Waals surface area (Å²) in [7, 11) is 0. The number of nitrogen functional groups attached to an aromatic ring is 1. The highest BCUT2D eigenvalue weighted by molar-refractivity contribution is 6.35. The summed E-state index contributed by atoms with van der Waals surface area (Å²) in [5, 5.41) is 4.54. The fourth-order valence-electron chi connectivity index (χ4n) is 2.09. The Balaban J connectivity index is 1.99. The molecule has 104 valence electrons. The lowest BCUT2D eigenvalue weighted by Gasteiger charge is -2.05. The van der Waals surface area contributed by atoms with Gasteiger partial charge in [0.2, 0.25) is 0 Å². The molecule has 3 rings (SSSR count). The van der Waals surface area contributed by atoms with Gasteiger partial charge in [-0.25, -0.2) is 4.68 Å². The lowest BCUT2D eigenvalue weighted by atomic mass is 10.0. The number of aromatic nitrogens is 2. The Morgan fingerprint density at radius 1 is 1.10 bits per heavy atom. The first-order chi connectivity index (χ1) is 10.2. The van der Waals surface area contributed by atoms with Crippen molar-refractivity contribution in [3.8, 4) is 5.69 Å². The van der Waals surface area contributed by atoms with Gasteiger partial charge in [-0.3, -0.25) is 4.79 Å². The molecular weight excluding hydrogens is 286 g/mol. The first-order valence-electron chi connectivity index (χ1n) is 6.35. The molecule has 1 aromatic heterocycles. The number of para-hydroxylation sites is 1. The van der Waals surface area contributed by atoms with Crippen LogP contribution in [-0.2, 0) is 0 Å². The van der Waals surface area contributed by atoms with Gasteiger partial charge in [-0.05, 0) is 24.3 Å². The lowest BCUT2D eigenvalue weighted by Crippen LogP contribution is -2.05. The third-order valence-corrected chi connectivity index (χ3v) is 3.45. The molecule has 0 aliphatic rings. The van der Waals surface area contributed by atoms with Crippen LogP contribution in [0.1, 0.15) is 15.9 Å². The third kappa shape index (κ3) is 2.53. The van der Waals surface area contributed by atoms with E-state index in [9.17, 15) is 4.79 Å². The van der Waals surface area contributed by atoms with E-state index in [1.807, 2.05) is 30.3 Å². The Morgan fingerprint density at radius 3 is 2.57 bits per heavy atom. The van der Waals surface area contributed by atoms with Crippen LogP contribution in [0.15, 0.2) is 60.9 Å². The molecule has 1 heterocycles. The fraction of sp³-hybridized carbons (Fsp3) is 0. The van der Waals surface area contributed by atoms with Crippen LogP contribution in [-0.4, -0.2) is 15.6 Å². The second-order valence-corrected chi connectivity index (χ2v) is 4.95. The van der Waals surface area contributed by atoms with Gasteiger partial charge in [0, 0.05) is 11.9 Å². The molecule has 0 unspecified atom stereocenters. The second kappa shape index (κ2) is 5.42. The molecule has 0 bridgehead atoms. The highest BCUT2D eigenvalue weighted by Gasteiger charge is 2.17. The van der Waals surface area contributed by atoms with Gasteiger partial charge in [-0.2, -0.15) is 5.10 Å². The van der Waals surface area contributed by atoms with E-state index >= 15 is 0 Å². The molecule has 0 fully saturated rings. The number of benzene rings is 2. The molecule has 0 radical (unpaired) electrons. The summed E-state index contributed by atoms with van der Waals surface area (Å²) in [5.41, 5.74) is 7.84. The average Bonchev–Trinajstić information content (AvgIpc) is 2.97. The van der Waals surface area contributed by atoms with Crippen LogP contribution in [0.5, 0.6) is 0 Å². The van der Waals surface area contributed by atoms with E-state index in [0.717, 1.165) is 5.69 Å². The van der Waals surface area contributed by atoms with E-state index < -0.39 is 0 Å². The summed E-state index contributed by atoms with van der Waals surface area (Å²) in [6, 6.07) is 14.6. The monoisotopic (exact) mass is 297 g/mol. The lowest BCUT2D eigenvalue weighted by molar-refractivity contribution is 0.103. The van der Waals surface area contributed by atoms with Gasteiger partial charge < -0.3 is 5.73 Å². The van der Waals surface area contributed by atoms with E-state index in [1.54, 1.807) is 29.1 Å². The Bertz CT molecular complexity index is 776. The van der Waals surface area contributed by atoms with Gasteiger partial charge in [0.15, 0.2) is 5.78 Å². The van der Waals surface area contributed by atoms with Crippen molar-refractivity contribution in [2.45, 2.75) is 0 Å². The van der Waals surface area contributed by atoms with E-state index in [-0.39, 0.29) is 5.78 Å². The van der Waals surface area contributed by atoms with Gasteiger partial charge in [-0.15, -0.1) is 0 Å². The zero-order valence-corrected chi connectivity index (χ0v) is 11.8. The van der Waals surface area contributed by atoms with Crippen molar-refractivity contribution in [2.75, 3.05) is 5.73 Å². The van der Waals surface area contributed by atoms with Crippen LogP contribution >= 0.6 is 11.6 Å². The number of hydrogen-bond donors (Lipinski definition) is 1. The van der Waals surface area contributed by atoms with Gasteiger partial charge >= 0.3 is 0 Å². The predicted octanol–water partition coefficient (Wildman–Crippen LogP) is 3.34. The average molecular weight is 298 g/mol. The summed E-state index contributed by atoms with van der Waals surface area (Å²) in [4.78, 5) is 12.5. The Kier molecular flexibility index (Phi) is 3.46. The zero-order chi connectivity index (χ0) is 14.8. The Morgan fingerprint density at radius 2 is 1.86 bits per heavy atom. The van der Waals surface area contributed by atoms with Crippen LogP contribution < -0.4 is 5.73 Å². The van der Waals surface area contributed by atoms with Crippen LogP contribution in [0.4, 0.5) is 5.69 Å².